The number of carbonyl (C=O) groups is 2. The summed E-state index contributed by atoms with van der Waals surface area (Å²) in [5.74, 6) is -0.439. The predicted octanol–water partition coefficient (Wildman–Crippen LogP) is 5.29. The van der Waals surface area contributed by atoms with Crippen molar-refractivity contribution >= 4 is 24.0 Å². The molecule has 0 aliphatic carbocycles. The molecule has 0 aliphatic rings. The molecule has 36 heavy (non-hydrogen) atoms. The molecule has 4 aromatic rings. The molecule has 2 N–H and O–H groups in total. The minimum Gasteiger partial charge on any atom is -0.348 e. The van der Waals surface area contributed by atoms with Crippen molar-refractivity contribution in [3.8, 4) is 11.4 Å². The summed E-state index contributed by atoms with van der Waals surface area (Å²) in [6.45, 7) is 8.29. The minimum absolute atomic E-state index is 0.220. The molecule has 0 saturated carbocycles. The Bertz CT molecular complexity index is 1280. The van der Waals surface area contributed by atoms with Gasteiger partial charge in [0.05, 0.1) is 11.4 Å². The Labute approximate surface area is 210 Å². The average Bonchev–Trinajstić information content (AvgIpc) is 2.95. The fourth-order valence-corrected chi connectivity index (χ4v) is 3.54. The Morgan fingerprint density at radius 2 is 1.03 bits per heavy atom. The van der Waals surface area contributed by atoms with Crippen molar-refractivity contribution in [1.29, 1.82) is 0 Å². The van der Waals surface area contributed by atoms with Crippen molar-refractivity contribution in [3.05, 3.63) is 132 Å². The van der Waals surface area contributed by atoms with Crippen molar-refractivity contribution < 1.29 is 9.59 Å². The van der Waals surface area contributed by atoms with Gasteiger partial charge < -0.3 is 10.6 Å². The largest absolute Gasteiger partial charge is 0.348 e. The van der Waals surface area contributed by atoms with Crippen LogP contribution in [0.25, 0.3) is 23.5 Å². The summed E-state index contributed by atoms with van der Waals surface area (Å²) in [7, 11) is 0. The standard InChI is InChI=1S/C30H26N4O2/c1-3-21-5-9-23(10-6-21)19-33-29(35)25-13-15-31-27(17-25)28-18-26(14-16-32-28)30(36)34-20-24-11-7-22(4-2)8-12-24/h3-18H,1-2,19-20H2,(H,33,35)(H,34,36). The number of aromatic nitrogens is 2. The smallest absolute Gasteiger partial charge is 0.251 e. The van der Waals surface area contributed by atoms with E-state index in [0.29, 0.717) is 35.6 Å². The first-order valence-electron chi connectivity index (χ1n) is 11.5. The van der Waals surface area contributed by atoms with Crippen molar-refractivity contribution in [2.24, 2.45) is 0 Å². The SMILES string of the molecule is C=Cc1ccc(CNC(=O)c2ccnc(-c3cc(C(=O)NCc4ccc(C=C)cc4)ccn3)c2)cc1. The third kappa shape index (κ3) is 6.18. The van der Waals surface area contributed by atoms with Gasteiger partial charge in [-0.3, -0.25) is 19.6 Å². The molecule has 0 bridgehead atoms. The van der Waals surface area contributed by atoms with Gasteiger partial charge in [0.2, 0.25) is 0 Å². The second-order valence-corrected chi connectivity index (χ2v) is 8.12. The van der Waals surface area contributed by atoms with Gasteiger partial charge in [-0.1, -0.05) is 73.8 Å². The van der Waals surface area contributed by atoms with Gasteiger partial charge in [0.25, 0.3) is 11.8 Å². The van der Waals surface area contributed by atoms with Crippen molar-refractivity contribution in [1.82, 2.24) is 20.6 Å². The molecule has 2 heterocycles. The molecule has 0 saturated heterocycles. The van der Waals surface area contributed by atoms with E-state index in [1.165, 1.54) is 0 Å². The highest BCUT2D eigenvalue weighted by atomic mass is 16.2. The van der Waals surface area contributed by atoms with Gasteiger partial charge in [-0.25, -0.2) is 0 Å². The number of rotatable bonds is 9. The van der Waals surface area contributed by atoms with Crippen LogP contribution < -0.4 is 10.6 Å². The van der Waals surface area contributed by atoms with Gasteiger partial charge in [0.1, 0.15) is 0 Å². The van der Waals surface area contributed by atoms with Crippen LogP contribution in [0.1, 0.15) is 43.0 Å². The van der Waals surface area contributed by atoms with Gasteiger partial charge in [-0.05, 0) is 46.5 Å². The van der Waals surface area contributed by atoms with E-state index >= 15 is 0 Å². The second-order valence-electron chi connectivity index (χ2n) is 8.12. The maximum Gasteiger partial charge on any atom is 0.251 e. The Balaban J connectivity index is 1.41. The molecule has 0 aliphatic heterocycles. The Kier molecular flexibility index (Phi) is 7.78. The van der Waals surface area contributed by atoms with Crippen LogP contribution >= 0.6 is 0 Å². The molecule has 0 unspecified atom stereocenters. The predicted molar refractivity (Wildman–Crippen MR) is 143 cm³/mol. The van der Waals surface area contributed by atoms with Crippen LogP contribution in [-0.2, 0) is 13.1 Å². The summed E-state index contributed by atoms with van der Waals surface area (Å²) >= 11 is 0. The number of nitrogens with zero attached hydrogens (tertiary/aromatic N) is 2. The van der Waals surface area contributed by atoms with E-state index in [9.17, 15) is 9.59 Å². The van der Waals surface area contributed by atoms with Crippen LogP contribution in [0, 0.1) is 0 Å². The van der Waals surface area contributed by atoms with Gasteiger partial charge >= 0.3 is 0 Å². The lowest BCUT2D eigenvalue weighted by molar-refractivity contribution is 0.0942. The average molecular weight is 475 g/mol. The lowest BCUT2D eigenvalue weighted by atomic mass is 10.1. The zero-order valence-electron chi connectivity index (χ0n) is 19.8. The summed E-state index contributed by atoms with van der Waals surface area (Å²) in [4.78, 5) is 34.1. The first-order valence-corrected chi connectivity index (χ1v) is 11.5. The molecule has 0 radical (unpaired) electrons. The van der Waals surface area contributed by atoms with Crippen LogP contribution in [0.2, 0.25) is 0 Å². The Hall–Kier alpha value is -4.84. The highest BCUT2D eigenvalue weighted by Gasteiger charge is 2.12. The number of pyridine rings is 2. The summed E-state index contributed by atoms with van der Waals surface area (Å²) in [5, 5.41) is 5.84. The molecular formula is C30H26N4O2. The zero-order valence-corrected chi connectivity index (χ0v) is 19.8. The molecular weight excluding hydrogens is 448 g/mol. The topological polar surface area (TPSA) is 84.0 Å². The third-order valence-electron chi connectivity index (χ3n) is 5.64. The molecule has 0 spiro atoms. The van der Waals surface area contributed by atoms with Gasteiger partial charge in [-0.15, -0.1) is 0 Å². The number of carbonyl (C=O) groups excluding carboxylic acids is 2. The molecule has 4 rings (SSSR count). The van der Waals surface area contributed by atoms with Crippen LogP contribution in [0.15, 0.2) is 98.3 Å². The van der Waals surface area contributed by atoms with E-state index in [1.807, 2.05) is 48.5 Å². The van der Waals surface area contributed by atoms with Crippen molar-refractivity contribution in [2.45, 2.75) is 13.1 Å². The van der Waals surface area contributed by atoms with Crippen molar-refractivity contribution in [3.63, 3.8) is 0 Å². The fraction of sp³-hybridized carbons (Fsp3) is 0.0667. The normalized spacial score (nSPS) is 10.3. The van der Waals surface area contributed by atoms with Crippen LogP contribution in [0.3, 0.4) is 0 Å². The van der Waals surface area contributed by atoms with Gasteiger partial charge in [-0.2, -0.15) is 0 Å². The molecule has 2 amide bonds. The monoisotopic (exact) mass is 474 g/mol. The van der Waals surface area contributed by atoms with Gasteiger partial charge in [0, 0.05) is 36.6 Å². The number of hydrogen-bond acceptors (Lipinski definition) is 4. The Morgan fingerprint density at radius 3 is 1.39 bits per heavy atom. The summed E-state index contributed by atoms with van der Waals surface area (Å²) < 4.78 is 0. The highest BCUT2D eigenvalue weighted by molar-refractivity contribution is 5.96. The molecule has 6 heteroatoms. The van der Waals surface area contributed by atoms with Crippen LogP contribution in [-0.4, -0.2) is 21.8 Å². The summed E-state index contributed by atoms with van der Waals surface area (Å²) in [6, 6.07) is 22.2. The lowest BCUT2D eigenvalue weighted by Crippen LogP contribution is -2.23. The van der Waals surface area contributed by atoms with E-state index in [0.717, 1.165) is 22.3 Å². The second kappa shape index (κ2) is 11.5. The number of hydrogen-bond donors (Lipinski definition) is 2. The summed E-state index contributed by atoms with van der Waals surface area (Å²) in [6.07, 6.45) is 6.67. The molecule has 0 atom stereocenters. The van der Waals surface area contributed by atoms with E-state index in [2.05, 4.69) is 33.8 Å². The molecule has 2 aromatic carbocycles. The lowest BCUT2D eigenvalue weighted by Gasteiger charge is -2.09. The van der Waals surface area contributed by atoms with Crippen molar-refractivity contribution in [2.75, 3.05) is 0 Å². The van der Waals surface area contributed by atoms with E-state index in [1.54, 1.807) is 48.8 Å². The van der Waals surface area contributed by atoms with E-state index < -0.39 is 0 Å². The molecule has 2 aromatic heterocycles. The maximum atomic E-state index is 12.7. The fourth-order valence-electron chi connectivity index (χ4n) is 3.54. The number of benzene rings is 2. The zero-order chi connectivity index (χ0) is 25.3. The minimum atomic E-state index is -0.220. The van der Waals surface area contributed by atoms with Gasteiger partial charge in [0.15, 0.2) is 0 Å². The molecule has 178 valence electrons. The maximum absolute atomic E-state index is 12.7. The Morgan fingerprint density at radius 1 is 0.639 bits per heavy atom. The van der Waals surface area contributed by atoms with E-state index in [-0.39, 0.29) is 11.8 Å². The first-order chi connectivity index (χ1) is 17.6. The summed E-state index contributed by atoms with van der Waals surface area (Å²) in [5.41, 5.74) is 5.95. The number of nitrogens with one attached hydrogen (secondary N) is 2. The highest BCUT2D eigenvalue weighted by Crippen LogP contribution is 2.17. The van der Waals surface area contributed by atoms with Crippen LogP contribution in [0.4, 0.5) is 0 Å². The number of amides is 2. The van der Waals surface area contributed by atoms with E-state index in [4.69, 9.17) is 0 Å². The molecule has 6 nitrogen and oxygen atoms in total. The first kappa shape index (κ1) is 24.3. The van der Waals surface area contributed by atoms with Crippen LogP contribution in [0.5, 0.6) is 0 Å². The quantitative estimate of drug-likeness (QED) is 0.345. The molecule has 0 fully saturated rings. The third-order valence-corrected chi connectivity index (χ3v) is 5.64.